The second-order valence-corrected chi connectivity index (χ2v) is 10.2. The molecular formula is C28H32F3N3O6. The van der Waals surface area contributed by atoms with Gasteiger partial charge in [0.1, 0.15) is 17.0 Å². The van der Waals surface area contributed by atoms with Gasteiger partial charge in [-0.05, 0) is 38.0 Å². The van der Waals surface area contributed by atoms with Gasteiger partial charge < -0.3 is 19.3 Å². The van der Waals surface area contributed by atoms with E-state index < -0.39 is 29.1 Å². The van der Waals surface area contributed by atoms with Gasteiger partial charge >= 0.3 is 11.9 Å². The van der Waals surface area contributed by atoms with Crippen LogP contribution in [0.2, 0.25) is 0 Å². The molecule has 1 aliphatic rings. The molecule has 12 heteroatoms. The Labute approximate surface area is 229 Å². The van der Waals surface area contributed by atoms with E-state index in [1.807, 2.05) is 19.9 Å². The molecule has 1 aromatic carbocycles. The molecule has 0 aliphatic carbocycles. The van der Waals surface area contributed by atoms with Crippen molar-refractivity contribution in [2.75, 3.05) is 13.2 Å². The number of ether oxygens (including phenoxy) is 3. The van der Waals surface area contributed by atoms with Crippen LogP contribution in [0.1, 0.15) is 63.2 Å². The van der Waals surface area contributed by atoms with Crippen molar-refractivity contribution in [2.24, 2.45) is 13.0 Å². The molecule has 9 nitrogen and oxygen atoms in total. The summed E-state index contributed by atoms with van der Waals surface area (Å²) in [6.07, 6.45) is -1.68. The third-order valence-corrected chi connectivity index (χ3v) is 6.59. The number of hydrogen-bond donors (Lipinski definition) is 1. The molecule has 0 amide bonds. The molecule has 1 N–H and O–H groups in total. The Morgan fingerprint density at radius 3 is 2.73 bits per heavy atom. The standard InChI is InChI=1S/C28H32F3N3O6/c1-17(2)14-20(35)23-21(40-19-9-6-8-18(15-19)28(29,30)31)16-32-25-24(23)26(36)34(27(37)33(25)3)11-7-13-39-22-10-4-5-12-38-22/h9,15-17,20,22,35H,4-5,7,10-14H2,1-3H3. The molecule has 2 aromatic heterocycles. The van der Waals surface area contributed by atoms with Crippen molar-refractivity contribution in [3.05, 3.63) is 62.4 Å². The topological polar surface area (TPSA) is 105 Å². The minimum Gasteiger partial charge on any atom is -0.455 e. The number of halogens is 3. The van der Waals surface area contributed by atoms with Gasteiger partial charge in [0.2, 0.25) is 0 Å². The summed E-state index contributed by atoms with van der Waals surface area (Å²) in [7, 11) is 1.46. The van der Waals surface area contributed by atoms with E-state index in [9.17, 15) is 27.9 Å². The maximum Gasteiger partial charge on any atom is 0.424 e. The lowest BCUT2D eigenvalue weighted by molar-refractivity contribution is -0.163. The molecule has 40 heavy (non-hydrogen) atoms. The van der Waals surface area contributed by atoms with Crippen molar-refractivity contribution in [2.45, 2.75) is 71.1 Å². The summed E-state index contributed by atoms with van der Waals surface area (Å²) in [5.41, 5.74) is -2.31. The molecule has 0 radical (unpaired) electrons. The average Bonchev–Trinajstić information content (AvgIpc) is 2.91. The van der Waals surface area contributed by atoms with Crippen molar-refractivity contribution >= 4 is 11.0 Å². The highest BCUT2D eigenvalue weighted by molar-refractivity contribution is 5.81. The lowest BCUT2D eigenvalue weighted by Gasteiger charge is -2.23. The Morgan fingerprint density at radius 2 is 2.05 bits per heavy atom. The number of alkyl halides is 3. The second-order valence-electron chi connectivity index (χ2n) is 10.2. The fraction of sp³-hybridized carbons (Fsp3) is 0.536. The highest BCUT2D eigenvalue weighted by Crippen LogP contribution is 2.37. The van der Waals surface area contributed by atoms with E-state index in [2.05, 4.69) is 11.1 Å². The van der Waals surface area contributed by atoms with Crippen molar-refractivity contribution in [3.8, 4) is 11.5 Å². The van der Waals surface area contributed by atoms with Gasteiger partial charge in [0, 0.05) is 37.9 Å². The normalized spacial score (nSPS) is 16.8. The van der Waals surface area contributed by atoms with Crippen LogP contribution >= 0.6 is 0 Å². The Kier molecular flexibility index (Phi) is 9.18. The first-order valence-electron chi connectivity index (χ1n) is 13.2. The van der Waals surface area contributed by atoms with Gasteiger partial charge in [-0.15, -0.1) is 0 Å². The number of nitrogens with zero attached hydrogens (tertiary/aromatic N) is 3. The fourth-order valence-corrected chi connectivity index (χ4v) is 4.65. The molecule has 1 aliphatic heterocycles. The van der Waals surface area contributed by atoms with E-state index in [-0.39, 0.29) is 59.9 Å². The first kappa shape index (κ1) is 29.6. The number of aromatic nitrogens is 3. The van der Waals surface area contributed by atoms with Crippen LogP contribution in [0.15, 0.2) is 27.9 Å². The highest BCUT2D eigenvalue weighted by Gasteiger charge is 2.32. The van der Waals surface area contributed by atoms with Crippen molar-refractivity contribution in [3.63, 3.8) is 0 Å². The summed E-state index contributed by atoms with van der Waals surface area (Å²) in [5.74, 6) is -0.331. The zero-order valence-electron chi connectivity index (χ0n) is 22.6. The van der Waals surface area contributed by atoms with Crippen LogP contribution in [0.3, 0.4) is 0 Å². The Bertz CT molecular complexity index is 1440. The van der Waals surface area contributed by atoms with Crippen LogP contribution in [0.4, 0.5) is 13.2 Å². The number of hydrogen-bond acceptors (Lipinski definition) is 7. The van der Waals surface area contributed by atoms with Crippen molar-refractivity contribution in [1.82, 2.24) is 14.1 Å². The van der Waals surface area contributed by atoms with Gasteiger partial charge in [-0.3, -0.25) is 13.9 Å². The monoisotopic (exact) mass is 563 g/mol. The largest absolute Gasteiger partial charge is 0.455 e. The molecular weight excluding hydrogens is 531 g/mol. The van der Waals surface area contributed by atoms with Gasteiger partial charge in [-0.2, -0.15) is 13.2 Å². The minimum absolute atomic E-state index is 0.00327. The minimum atomic E-state index is -4.67. The SMILES string of the molecule is CC(C)CC(O)c1c(Oc2cc#cc(C(F)(F)F)c2)cnc2c1c(=O)n(CCCOC1CCCCO1)c(=O)n2C. The zero-order valence-corrected chi connectivity index (χ0v) is 22.6. The third-order valence-electron chi connectivity index (χ3n) is 6.59. The van der Waals surface area contributed by atoms with Crippen molar-refractivity contribution < 1.29 is 32.5 Å². The molecule has 0 bridgehead atoms. The van der Waals surface area contributed by atoms with E-state index in [0.29, 0.717) is 13.0 Å². The predicted molar refractivity (Wildman–Crippen MR) is 139 cm³/mol. The van der Waals surface area contributed by atoms with E-state index in [1.165, 1.54) is 17.8 Å². The van der Waals surface area contributed by atoms with Crippen LogP contribution in [-0.2, 0) is 29.2 Å². The van der Waals surface area contributed by atoms with Gasteiger partial charge in [-0.25, -0.2) is 9.78 Å². The lowest BCUT2D eigenvalue weighted by Crippen LogP contribution is -2.40. The van der Waals surface area contributed by atoms with Crippen LogP contribution in [0.25, 0.3) is 11.0 Å². The van der Waals surface area contributed by atoms with Gasteiger partial charge in [-0.1, -0.05) is 26.0 Å². The molecule has 2 unspecified atom stereocenters. The molecule has 3 heterocycles. The summed E-state index contributed by atoms with van der Waals surface area (Å²) < 4.78 is 58.9. The Morgan fingerprint density at radius 1 is 1.27 bits per heavy atom. The highest BCUT2D eigenvalue weighted by atomic mass is 19.4. The molecule has 4 rings (SSSR count). The predicted octanol–water partition coefficient (Wildman–Crippen LogP) is 4.52. The summed E-state index contributed by atoms with van der Waals surface area (Å²) in [5, 5.41) is 11.1. The van der Waals surface area contributed by atoms with E-state index in [1.54, 1.807) is 0 Å². The molecule has 0 spiro atoms. The summed E-state index contributed by atoms with van der Waals surface area (Å²) >= 11 is 0. The smallest absolute Gasteiger partial charge is 0.424 e. The number of pyridine rings is 1. The molecule has 3 aromatic rings. The quantitative estimate of drug-likeness (QED) is 0.362. The molecule has 2 atom stereocenters. The van der Waals surface area contributed by atoms with Crippen LogP contribution in [0, 0.1) is 18.1 Å². The number of aryl methyl sites for hydroxylation is 1. The van der Waals surface area contributed by atoms with E-state index >= 15 is 0 Å². The fourth-order valence-electron chi connectivity index (χ4n) is 4.65. The third kappa shape index (κ3) is 6.66. The maximum absolute atomic E-state index is 13.7. The number of rotatable bonds is 10. The number of aliphatic hydroxyl groups excluding tert-OH is 1. The molecule has 1 fully saturated rings. The van der Waals surface area contributed by atoms with Crippen LogP contribution in [0.5, 0.6) is 11.5 Å². The summed E-state index contributed by atoms with van der Waals surface area (Å²) in [6.45, 7) is 4.68. The van der Waals surface area contributed by atoms with Gasteiger partial charge in [0.15, 0.2) is 12.0 Å². The van der Waals surface area contributed by atoms with Crippen molar-refractivity contribution in [1.29, 1.82) is 0 Å². The molecule has 0 saturated carbocycles. The average molecular weight is 564 g/mol. The number of fused-ring (bicyclic) bond motifs is 1. The first-order chi connectivity index (χ1) is 19.0. The molecule has 216 valence electrons. The van der Waals surface area contributed by atoms with E-state index in [0.717, 1.165) is 36.0 Å². The van der Waals surface area contributed by atoms with Gasteiger partial charge in [0.25, 0.3) is 5.56 Å². The van der Waals surface area contributed by atoms with Crippen LogP contribution < -0.4 is 16.0 Å². The maximum atomic E-state index is 13.7. The summed E-state index contributed by atoms with van der Waals surface area (Å²) in [4.78, 5) is 31.0. The van der Waals surface area contributed by atoms with E-state index in [4.69, 9.17) is 14.2 Å². The Balaban J connectivity index is 1.74. The van der Waals surface area contributed by atoms with Crippen LogP contribution in [-0.4, -0.2) is 38.7 Å². The molecule has 1 saturated heterocycles. The number of aliphatic hydroxyl groups is 1. The lowest BCUT2D eigenvalue weighted by atomic mass is 9.97. The Hall–Kier alpha value is -3.40. The van der Waals surface area contributed by atoms with Gasteiger partial charge in [0.05, 0.1) is 24.3 Å². The zero-order chi connectivity index (χ0) is 29.0. The first-order valence-corrected chi connectivity index (χ1v) is 13.2. The second kappa shape index (κ2) is 12.4. The summed E-state index contributed by atoms with van der Waals surface area (Å²) in [6, 6.07) is 6.18.